The Balaban J connectivity index is 1.28. The summed E-state index contributed by atoms with van der Waals surface area (Å²) >= 11 is 0. The Morgan fingerprint density at radius 1 is 1.08 bits per heavy atom. The molecule has 0 spiro atoms. The molecule has 0 aromatic heterocycles. The van der Waals surface area contributed by atoms with Crippen LogP contribution in [-0.2, 0) is 4.79 Å². The number of carbonyl (C=O) groups is 1. The zero-order valence-electron chi connectivity index (χ0n) is 15.9. The molecule has 0 radical (unpaired) electrons. The average Bonchev–Trinajstić information content (AvgIpc) is 2.58. The molecule has 5 rings (SSSR count). The van der Waals surface area contributed by atoms with E-state index in [9.17, 15) is 4.79 Å². The summed E-state index contributed by atoms with van der Waals surface area (Å²) in [6, 6.07) is 0.429. The van der Waals surface area contributed by atoms with E-state index in [1.54, 1.807) is 6.92 Å². The van der Waals surface area contributed by atoms with Crippen molar-refractivity contribution in [2.75, 3.05) is 26.7 Å². The van der Waals surface area contributed by atoms with Crippen LogP contribution in [0.25, 0.3) is 0 Å². The molecule has 5 fully saturated rings. The smallest absolute Gasteiger partial charge is 0.219 e. The molecule has 0 aromatic rings. The van der Waals surface area contributed by atoms with Gasteiger partial charge in [-0.25, -0.2) is 0 Å². The first-order chi connectivity index (χ1) is 12.0. The second-order valence-corrected chi connectivity index (χ2v) is 9.27. The van der Waals surface area contributed by atoms with E-state index in [2.05, 4.69) is 15.6 Å². The highest BCUT2D eigenvalue weighted by atomic mass is 16.2. The van der Waals surface area contributed by atoms with Gasteiger partial charge in [-0.1, -0.05) is 0 Å². The van der Waals surface area contributed by atoms with E-state index in [0.29, 0.717) is 11.5 Å². The fraction of sp³-hybridized carbons (Fsp3) is 0.900. The topological polar surface area (TPSA) is 56.7 Å². The molecule has 2 N–H and O–H groups in total. The number of hydrogen-bond acceptors (Lipinski definition) is 2. The first-order valence-electron chi connectivity index (χ1n) is 10.3. The van der Waals surface area contributed by atoms with E-state index < -0.39 is 0 Å². The fourth-order valence-corrected chi connectivity index (χ4v) is 6.50. The Labute approximate surface area is 152 Å². The third-order valence-corrected chi connectivity index (χ3v) is 7.30. The minimum absolute atomic E-state index is 0.197. The van der Waals surface area contributed by atoms with Crippen LogP contribution in [0.3, 0.4) is 0 Å². The first-order valence-corrected chi connectivity index (χ1v) is 10.3. The zero-order valence-corrected chi connectivity index (χ0v) is 15.9. The Kier molecular flexibility index (Phi) is 4.67. The Bertz CT molecular complexity index is 501. The summed E-state index contributed by atoms with van der Waals surface area (Å²) in [5.41, 5.74) is 0.532. The number of guanidine groups is 1. The van der Waals surface area contributed by atoms with E-state index in [4.69, 9.17) is 0 Å². The Hall–Kier alpha value is -1.26. The fourth-order valence-electron chi connectivity index (χ4n) is 6.50. The molecule has 4 bridgehead atoms. The maximum Gasteiger partial charge on any atom is 0.219 e. The van der Waals surface area contributed by atoms with Gasteiger partial charge < -0.3 is 15.5 Å². The van der Waals surface area contributed by atoms with Gasteiger partial charge >= 0.3 is 0 Å². The molecule has 5 heteroatoms. The summed E-state index contributed by atoms with van der Waals surface area (Å²) in [6.07, 6.45) is 10.8. The highest BCUT2D eigenvalue weighted by Crippen LogP contribution is 2.59. The van der Waals surface area contributed by atoms with Gasteiger partial charge in [0.05, 0.1) is 0 Å². The van der Waals surface area contributed by atoms with Crippen molar-refractivity contribution in [1.29, 1.82) is 0 Å². The van der Waals surface area contributed by atoms with Gasteiger partial charge in [-0.3, -0.25) is 9.79 Å². The normalized spacial score (nSPS) is 38.1. The number of amides is 1. The van der Waals surface area contributed by atoms with Gasteiger partial charge in [0.25, 0.3) is 0 Å². The quantitative estimate of drug-likeness (QED) is 0.609. The van der Waals surface area contributed by atoms with Crippen LogP contribution in [0.4, 0.5) is 0 Å². The summed E-state index contributed by atoms with van der Waals surface area (Å²) in [7, 11) is 1.87. The van der Waals surface area contributed by atoms with Crippen molar-refractivity contribution in [2.45, 2.75) is 64.3 Å². The van der Waals surface area contributed by atoms with Crippen molar-refractivity contribution < 1.29 is 4.79 Å². The van der Waals surface area contributed by atoms with Crippen molar-refractivity contribution >= 4 is 11.9 Å². The van der Waals surface area contributed by atoms with E-state index in [-0.39, 0.29) is 5.91 Å². The molecule has 5 nitrogen and oxygen atoms in total. The van der Waals surface area contributed by atoms with Crippen molar-refractivity contribution in [1.82, 2.24) is 15.5 Å². The largest absolute Gasteiger partial charge is 0.356 e. The third-order valence-electron chi connectivity index (χ3n) is 7.30. The SMILES string of the molecule is CN=C(NCC12CC3CC(CC(C3)C1)C2)NC1CCN(C(C)=O)CC1. The lowest BCUT2D eigenvalue weighted by Crippen LogP contribution is -2.54. The lowest BCUT2D eigenvalue weighted by Gasteiger charge is -2.57. The molecule has 4 aliphatic carbocycles. The van der Waals surface area contributed by atoms with Gasteiger partial charge in [0.1, 0.15) is 0 Å². The van der Waals surface area contributed by atoms with Crippen LogP contribution in [0.1, 0.15) is 58.3 Å². The lowest BCUT2D eigenvalue weighted by atomic mass is 9.49. The van der Waals surface area contributed by atoms with Gasteiger partial charge in [-0.05, 0) is 74.5 Å². The number of aliphatic imine (C=N–C) groups is 1. The monoisotopic (exact) mass is 346 g/mol. The highest BCUT2D eigenvalue weighted by molar-refractivity contribution is 5.80. The van der Waals surface area contributed by atoms with Crippen LogP contribution >= 0.6 is 0 Å². The van der Waals surface area contributed by atoms with Crippen LogP contribution in [0.15, 0.2) is 4.99 Å². The number of piperidine rings is 1. The van der Waals surface area contributed by atoms with E-state index in [0.717, 1.165) is 56.2 Å². The minimum Gasteiger partial charge on any atom is -0.356 e. The predicted molar refractivity (Wildman–Crippen MR) is 100 cm³/mol. The molecule has 4 saturated carbocycles. The van der Waals surface area contributed by atoms with E-state index in [1.807, 2.05) is 11.9 Å². The summed E-state index contributed by atoms with van der Waals surface area (Å²) in [6.45, 7) is 4.47. The molecule has 0 atom stereocenters. The number of carbonyl (C=O) groups excluding carboxylic acids is 1. The summed E-state index contributed by atoms with van der Waals surface area (Å²) < 4.78 is 0. The molecule has 1 aliphatic heterocycles. The van der Waals surface area contributed by atoms with Gasteiger partial charge in [0, 0.05) is 39.6 Å². The molecular formula is C20H34N4O. The van der Waals surface area contributed by atoms with E-state index in [1.165, 1.54) is 38.5 Å². The molecule has 1 heterocycles. The standard InChI is InChI=1S/C20H34N4O/c1-14(25)24-5-3-18(4-6-24)23-19(21-2)22-13-20-10-15-7-16(11-20)9-17(8-15)12-20/h15-18H,3-13H2,1-2H3,(H2,21,22,23). The van der Waals surface area contributed by atoms with Crippen LogP contribution in [0.5, 0.6) is 0 Å². The van der Waals surface area contributed by atoms with Crippen LogP contribution in [-0.4, -0.2) is 49.5 Å². The molecule has 0 aromatic carbocycles. The number of nitrogens with one attached hydrogen (secondary N) is 2. The molecule has 1 saturated heterocycles. The lowest BCUT2D eigenvalue weighted by molar-refractivity contribution is -0.129. The third kappa shape index (κ3) is 3.65. The van der Waals surface area contributed by atoms with Crippen LogP contribution in [0.2, 0.25) is 0 Å². The molecule has 5 aliphatic rings. The van der Waals surface area contributed by atoms with Crippen LogP contribution < -0.4 is 10.6 Å². The molecule has 0 unspecified atom stereocenters. The molecular weight excluding hydrogens is 312 g/mol. The van der Waals surface area contributed by atoms with Crippen molar-refractivity contribution in [3.63, 3.8) is 0 Å². The molecule has 1 amide bonds. The van der Waals surface area contributed by atoms with Crippen molar-refractivity contribution in [2.24, 2.45) is 28.2 Å². The number of hydrogen-bond donors (Lipinski definition) is 2. The Morgan fingerprint density at radius 2 is 1.64 bits per heavy atom. The second-order valence-electron chi connectivity index (χ2n) is 9.27. The van der Waals surface area contributed by atoms with Gasteiger partial charge in [-0.15, -0.1) is 0 Å². The molecule has 140 valence electrons. The zero-order chi connectivity index (χ0) is 17.4. The predicted octanol–water partition coefficient (Wildman–Crippen LogP) is 2.38. The molecule has 25 heavy (non-hydrogen) atoms. The van der Waals surface area contributed by atoms with Gasteiger partial charge in [0.15, 0.2) is 5.96 Å². The van der Waals surface area contributed by atoms with Gasteiger partial charge in [0.2, 0.25) is 5.91 Å². The average molecular weight is 347 g/mol. The summed E-state index contributed by atoms with van der Waals surface area (Å²) in [5, 5.41) is 7.26. The Morgan fingerprint density at radius 3 is 2.12 bits per heavy atom. The van der Waals surface area contributed by atoms with Crippen LogP contribution in [0, 0.1) is 23.2 Å². The van der Waals surface area contributed by atoms with Crippen molar-refractivity contribution in [3.8, 4) is 0 Å². The van der Waals surface area contributed by atoms with E-state index >= 15 is 0 Å². The number of rotatable bonds is 3. The first kappa shape index (κ1) is 17.2. The van der Waals surface area contributed by atoms with Crippen molar-refractivity contribution in [3.05, 3.63) is 0 Å². The number of nitrogens with zero attached hydrogens (tertiary/aromatic N) is 2. The summed E-state index contributed by atoms with van der Waals surface area (Å²) in [5.74, 6) is 4.15. The second kappa shape index (κ2) is 6.81. The number of likely N-dealkylation sites (tertiary alicyclic amines) is 1. The van der Waals surface area contributed by atoms with Gasteiger partial charge in [-0.2, -0.15) is 0 Å². The highest BCUT2D eigenvalue weighted by Gasteiger charge is 2.50. The maximum atomic E-state index is 11.5. The maximum absolute atomic E-state index is 11.5. The minimum atomic E-state index is 0.197. The summed E-state index contributed by atoms with van der Waals surface area (Å²) in [4.78, 5) is 17.9.